The van der Waals surface area contributed by atoms with Gasteiger partial charge in [-0.3, -0.25) is 4.79 Å². The predicted molar refractivity (Wildman–Crippen MR) is 79.4 cm³/mol. The Bertz CT molecular complexity index is 505. The van der Waals surface area contributed by atoms with Gasteiger partial charge in [0.05, 0.1) is 0 Å². The maximum absolute atomic E-state index is 13.4. The molecule has 0 bridgehead atoms. The number of carbonyl (C=O) groups excluding carboxylic acids is 1. The van der Waals surface area contributed by atoms with Crippen molar-refractivity contribution in [2.45, 2.75) is 38.1 Å². The highest BCUT2D eigenvalue weighted by Crippen LogP contribution is 2.26. The summed E-state index contributed by atoms with van der Waals surface area (Å²) in [5, 5.41) is 2.85. The number of amides is 1. The van der Waals surface area contributed by atoms with Gasteiger partial charge in [0.1, 0.15) is 5.82 Å². The van der Waals surface area contributed by atoms with Crippen LogP contribution in [-0.4, -0.2) is 25.1 Å². The Morgan fingerprint density at radius 3 is 2.68 bits per heavy atom. The number of hydrogen-bond acceptors (Lipinski definition) is 3. The van der Waals surface area contributed by atoms with Crippen molar-refractivity contribution in [2.24, 2.45) is 11.7 Å². The van der Waals surface area contributed by atoms with Crippen LogP contribution in [0.15, 0.2) is 18.2 Å². The van der Waals surface area contributed by atoms with Crippen LogP contribution >= 0.6 is 0 Å². The third kappa shape index (κ3) is 4.66. The predicted octanol–water partition coefficient (Wildman–Crippen LogP) is 2.37. The summed E-state index contributed by atoms with van der Waals surface area (Å²) in [7, 11) is 0. The number of nitrogens with one attached hydrogen (secondary N) is 1. The van der Waals surface area contributed by atoms with Crippen LogP contribution in [0.25, 0.3) is 0 Å². The molecule has 22 heavy (non-hydrogen) atoms. The van der Waals surface area contributed by atoms with E-state index in [0.717, 1.165) is 37.8 Å². The first kappa shape index (κ1) is 16.7. The summed E-state index contributed by atoms with van der Waals surface area (Å²) >= 11 is 0. The average molecular weight is 312 g/mol. The Hall–Kier alpha value is -1.69. The Morgan fingerprint density at radius 1 is 1.32 bits per heavy atom. The highest BCUT2D eigenvalue weighted by molar-refractivity contribution is 5.77. The molecule has 1 atom stereocenters. The van der Waals surface area contributed by atoms with E-state index in [2.05, 4.69) is 5.32 Å². The van der Waals surface area contributed by atoms with Crippen LogP contribution in [0, 0.1) is 17.6 Å². The third-order valence-corrected chi connectivity index (χ3v) is 4.07. The topological polar surface area (TPSA) is 64.3 Å². The maximum Gasteiger partial charge on any atom is 0.258 e. The van der Waals surface area contributed by atoms with Crippen LogP contribution < -0.4 is 15.8 Å². The summed E-state index contributed by atoms with van der Waals surface area (Å²) < 4.78 is 31.3. The summed E-state index contributed by atoms with van der Waals surface area (Å²) in [4.78, 5) is 11.9. The molecule has 0 heterocycles. The molecule has 0 aromatic heterocycles. The number of halogens is 2. The Kier molecular flexibility index (Phi) is 6.12. The monoisotopic (exact) mass is 312 g/mol. The quantitative estimate of drug-likeness (QED) is 0.847. The fourth-order valence-corrected chi connectivity index (χ4v) is 2.89. The second-order valence-electron chi connectivity index (χ2n) is 5.67. The molecule has 1 aromatic rings. The van der Waals surface area contributed by atoms with Gasteiger partial charge in [0.2, 0.25) is 0 Å². The summed E-state index contributed by atoms with van der Waals surface area (Å²) in [5.41, 5.74) is 5.74. The molecule has 1 aliphatic carbocycles. The number of nitrogens with two attached hydrogens (primary N) is 1. The van der Waals surface area contributed by atoms with E-state index in [9.17, 15) is 13.6 Å². The van der Waals surface area contributed by atoms with E-state index in [1.165, 1.54) is 12.5 Å². The minimum Gasteiger partial charge on any atom is -0.481 e. The molecule has 2 rings (SSSR count). The first-order chi connectivity index (χ1) is 10.6. The van der Waals surface area contributed by atoms with E-state index in [0.29, 0.717) is 12.5 Å². The molecule has 0 saturated heterocycles. The first-order valence-electron chi connectivity index (χ1n) is 7.67. The van der Waals surface area contributed by atoms with Crippen molar-refractivity contribution in [3.8, 4) is 5.75 Å². The number of benzene rings is 1. The second kappa shape index (κ2) is 8.08. The molecule has 3 N–H and O–H groups in total. The van der Waals surface area contributed by atoms with Crippen LogP contribution in [0.4, 0.5) is 8.78 Å². The molecular formula is C16H22F2N2O2. The molecule has 1 unspecified atom stereocenters. The van der Waals surface area contributed by atoms with Crippen LogP contribution in [0.1, 0.15) is 32.1 Å². The third-order valence-electron chi connectivity index (χ3n) is 4.07. The highest BCUT2D eigenvalue weighted by Gasteiger charge is 2.24. The van der Waals surface area contributed by atoms with Gasteiger partial charge in [-0.15, -0.1) is 0 Å². The van der Waals surface area contributed by atoms with Crippen molar-refractivity contribution in [1.82, 2.24) is 5.32 Å². The van der Waals surface area contributed by atoms with E-state index >= 15 is 0 Å². The SMILES string of the molecule is NCC(NC(=O)COc1ccc(F)cc1F)C1CCCCC1. The molecule has 0 radical (unpaired) electrons. The normalized spacial score (nSPS) is 17.0. The molecule has 1 aromatic carbocycles. The van der Waals surface area contributed by atoms with E-state index in [4.69, 9.17) is 10.5 Å². The molecule has 4 nitrogen and oxygen atoms in total. The molecule has 122 valence electrons. The van der Waals surface area contributed by atoms with Gasteiger partial charge >= 0.3 is 0 Å². The second-order valence-corrected chi connectivity index (χ2v) is 5.67. The summed E-state index contributed by atoms with van der Waals surface area (Å²) in [6.45, 7) is 0.0626. The van der Waals surface area contributed by atoms with E-state index in [1.54, 1.807) is 0 Å². The average Bonchev–Trinajstić information content (AvgIpc) is 2.52. The van der Waals surface area contributed by atoms with Crippen molar-refractivity contribution in [3.05, 3.63) is 29.8 Å². The molecule has 0 aliphatic heterocycles. The van der Waals surface area contributed by atoms with Gasteiger partial charge < -0.3 is 15.8 Å². The Balaban J connectivity index is 1.83. The number of rotatable bonds is 6. The lowest BCUT2D eigenvalue weighted by Gasteiger charge is -2.30. The Morgan fingerprint density at radius 2 is 2.05 bits per heavy atom. The summed E-state index contributed by atoms with van der Waals surface area (Å²) in [5.74, 6) is -1.60. The fraction of sp³-hybridized carbons (Fsp3) is 0.562. The zero-order chi connectivity index (χ0) is 15.9. The highest BCUT2D eigenvalue weighted by atomic mass is 19.1. The summed E-state index contributed by atoms with van der Waals surface area (Å²) in [6.07, 6.45) is 5.68. The van der Waals surface area contributed by atoms with Crippen molar-refractivity contribution < 1.29 is 18.3 Å². The fourth-order valence-electron chi connectivity index (χ4n) is 2.89. The van der Waals surface area contributed by atoms with Gasteiger partial charge in [0.15, 0.2) is 18.2 Å². The smallest absolute Gasteiger partial charge is 0.258 e. The molecule has 1 aliphatic rings. The minimum absolute atomic E-state index is 0.0746. The molecule has 1 fully saturated rings. The van der Waals surface area contributed by atoms with Crippen molar-refractivity contribution >= 4 is 5.91 Å². The van der Waals surface area contributed by atoms with Crippen LogP contribution in [-0.2, 0) is 4.79 Å². The van der Waals surface area contributed by atoms with Crippen LogP contribution in [0.5, 0.6) is 5.75 Å². The molecular weight excluding hydrogens is 290 g/mol. The first-order valence-corrected chi connectivity index (χ1v) is 7.67. The van der Waals surface area contributed by atoms with E-state index in [-0.39, 0.29) is 24.3 Å². The van der Waals surface area contributed by atoms with Gasteiger partial charge in [-0.2, -0.15) is 0 Å². The summed E-state index contributed by atoms with van der Waals surface area (Å²) in [6, 6.07) is 2.90. The molecule has 1 amide bonds. The lowest BCUT2D eigenvalue weighted by Crippen LogP contribution is -2.47. The standard InChI is InChI=1S/C16H22F2N2O2/c17-12-6-7-15(13(18)8-12)22-10-16(21)20-14(9-19)11-4-2-1-3-5-11/h6-8,11,14H,1-5,9-10,19H2,(H,20,21). The minimum atomic E-state index is -0.824. The van der Waals surface area contributed by atoms with Gasteiger partial charge in [-0.25, -0.2) is 8.78 Å². The maximum atomic E-state index is 13.4. The van der Waals surface area contributed by atoms with Gasteiger partial charge in [-0.1, -0.05) is 19.3 Å². The van der Waals surface area contributed by atoms with E-state index < -0.39 is 11.6 Å². The van der Waals surface area contributed by atoms with Gasteiger partial charge in [-0.05, 0) is 30.9 Å². The number of carbonyl (C=O) groups is 1. The zero-order valence-corrected chi connectivity index (χ0v) is 12.5. The number of ether oxygens (including phenoxy) is 1. The lowest BCUT2D eigenvalue weighted by molar-refractivity contribution is -0.124. The van der Waals surface area contributed by atoms with Crippen LogP contribution in [0.3, 0.4) is 0 Å². The Labute approximate surface area is 129 Å². The van der Waals surface area contributed by atoms with E-state index in [1.807, 2.05) is 0 Å². The number of hydrogen-bond donors (Lipinski definition) is 2. The van der Waals surface area contributed by atoms with Gasteiger partial charge in [0.25, 0.3) is 5.91 Å². The lowest BCUT2D eigenvalue weighted by atomic mass is 9.84. The molecule has 0 spiro atoms. The van der Waals surface area contributed by atoms with Crippen molar-refractivity contribution in [1.29, 1.82) is 0 Å². The van der Waals surface area contributed by atoms with Crippen molar-refractivity contribution in [2.75, 3.05) is 13.2 Å². The molecule has 6 heteroatoms. The molecule has 1 saturated carbocycles. The van der Waals surface area contributed by atoms with Crippen LogP contribution in [0.2, 0.25) is 0 Å². The largest absolute Gasteiger partial charge is 0.481 e. The van der Waals surface area contributed by atoms with Gasteiger partial charge in [0, 0.05) is 18.7 Å². The van der Waals surface area contributed by atoms with Crippen molar-refractivity contribution in [3.63, 3.8) is 0 Å². The zero-order valence-electron chi connectivity index (χ0n) is 12.5.